The molecule has 0 radical (unpaired) electrons. The van der Waals surface area contributed by atoms with E-state index in [2.05, 4.69) is 0 Å². The van der Waals surface area contributed by atoms with Gasteiger partial charge in [0.05, 0.1) is 12.3 Å². The molecule has 0 spiro atoms. The van der Waals surface area contributed by atoms with Gasteiger partial charge < -0.3 is 5.11 Å². The van der Waals surface area contributed by atoms with Gasteiger partial charge in [-0.1, -0.05) is 0 Å². The second-order valence-electron chi connectivity index (χ2n) is 4.07. The maximum absolute atomic E-state index is 13.6. The van der Waals surface area contributed by atoms with E-state index >= 15 is 0 Å². The summed E-state index contributed by atoms with van der Waals surface area (Å²) in [5.41, 5.74) is -0.365. The van der Waals surface area contributed by atoms with Gasteiger partial charge in [0, 0.05) is 10.9 Å². The summed E-state index contributed by atoms with van der Waals surface area (Å²) in [6.07, 6.45) is 0. The Hall–Kier alpha value is -1.51. The standard InChI is InChI=1S/C12H11F2NO3S2/c1-7-4-10(14)11(5-9(7)13)15-20(17,18)12-3-2-8(6-16)19-12/h2-5,15-16H,6H2,1H3. The van der Waals surface area contributed by atoms with Gasteiger partial charge in [0.25, 0.3) is 10.0 Å². The molecule has 108 valence electrons. The maximum Gasteiger partial charge on any atom is 0.271 e. The Balaban J connectivity index is 2.35. The molecule has 20 heavy (non-hydrogen) atoms. The normalized spacial score (nSPS) is 11.6. The van der Waals surface area contributed by atoms with Gasteiger partial charge in [0.15, 0.2) is 0 Å². The lowest BCUT2D eigenvalue weighted by Crippen LogP contribution is -2.13. The first kappa shape index (κ1) is 14.9. The highest BCUT2D eigenvalue weighted by Gasteiger charge is 2.19. The van der Waals surface area contributed by atoms with Crippen LogP contribution in [0, 0.1) is 18.6 Å². The smallest absolute Gasteiger partial charge is 0.271 e. The van der Waals surface area contributed by atoms with Crippen LogP contribution in [0.5, 0.6) is 0 Å². The molecular formula is C12H11F2NO3S2. The van der Waals surface area contributed by atoms with Gasteiger partial charge in [-0.05, 0) is 30.7 Å². The van der Waals surface area contributed by atoms with E-state index < -0.39 is 27.3 Å². The van der Waals surface area contributed by atoms with E-state index in [1.54, 1.807) is 0 Å². The fourth-order valence-corrected chi connectivity index (χ4v) is 3.78. The zero-order valence-corrected chi connectivity index (χ0v) is 12.0. The van der Waals surface area contributed by atoms with Gasteiger partial charge in [-0.3, -0.25) is 4.72 Å². The van der Waals surface area contributed by atoms with Crippen LogP contribution >= 0.6 is 11.3 Å². The molecule has 0 atom stereocenters. The van der Waals surface area contributed by atoms with Gasteiger partial charge in [0.1, 0.15) is 15.8 Å². The van der Waals surface area contributed by atoms with E-state index in [0.29, 0.717) is 4.88 Å². The second-order valence-corrected chi connectivity index (χ2v) is 7.14. The Kier molecular flexibility index (Phi) is 4.07. The summed E-state index contributed by atoms with van der Waals surface area (Å²) in [6.45, 7) is 1.09. The first-order chi connectivity index (χ1) is 9.33. The van der Waals surface area contributed by atoms with Gasteiger partial charge in [-0.15, -0.1) is 11.3 Å². The van der Waals surface area contributed by atoms with E-state index in [1.165, 1.54) is 19.1 Å². The van der Waals surface area contributed by atoms with E-state index in [0.717, 1.165) is 23.5 Å². The lowest BCUT2D eigenvalue weighted by Gasteiger charge is -2.08. The fraction of sp³-hybridized carbons (Fsp3) is 0.167. The van der Waals surface area contributed by atoms with Gasteiger partial charge in [-0.2, -0.15) is 0 Å². The van der Waals surface area contributed by atoms with E-state index in [4.69, 9.17) is 5.11 Å². The first-order valence-electron chi connectivity index (χ1n) is 5.51. The summed E-state index contributed by atoms with van der Waals surface area (Å²) < 4.78 is 52.9. The third kappa shape index (κ3) is 2.97. The Morgan fingerprint density at radius 2 is 1.95 bits per heavy atom. The number of benzene rings is 1. The van der Waals surface area contributed by atoms with Crippen LogP contribution in [0.4, 0.5) is 14.5 Å². The number of rotatable bonds is 4. The molecule has 0 saturated carbocycles. The van der Waals surface area contributed by atoms with Crippen LogP contribution in [-0.2, 0) is 16.6 Å². The molecule has 0 unspecified atom stereocenters. The minimum Gasteiger partial charge on any atom is -0.391 e. The van der Waals surface area contributed by atoms with Crippen molar-refractivity contribution in [2.75, 3.05) is 4.72 Å². The van der Waals surface area contributed by atoms with Crippen molar-refractivity contribution in [3.8, 4) is 0 Å². The lowest BCUT2D eigenvalue weighted by atomic mass is 10.2. The Morgan fingerprint density at radius 1 is 1.25 bits per heavy atom. The molecule has 0 fully saturated rings. The highest BCUT2D eigenvalue weighted by atomic mass is 32.2. The van der Waals surface area contributed by atoms with Crippen molar-refractivity contribution < 1.29 is 22.3 Å². The zero-order chi connectivity index (χ0) is 14.9. The van der Waals surface area contributed by atoms with Crippen LogP contribution in [0.25, 0.3) is 0 Å². The quantitative estimate of drug-likeness (QED) is 0.910. The van der Waals surface area contributed by atoms with Crippen molar-refractivity contribution in [3.05, 3.63) is 46.3 Å². The summed E-state index contributed by atoms with van der Waals surface area (Å²) in [6, 6.07) is 4.45. The number of aryl methyl sites for hydroxylation is 1. The van der Waals surface area contributed by atoms with Crippen molar-refractivity contribution >= 4 is 27.0 Å². The average Bonchev–Trinajstić information content (AvgIpc) is 2.85. The third-order valence-electron chi connectivity index (χ3n) is 2.55. The number of aliphatic hydroxyl groups is 1. The summed E-state index contributed by atoms with van der Waals surface area (Å²) in [7, 11) is -4.00. The molecule has 0 bridgehead atoms. The zero-order valence-electron chi connectivity index (χ0n) is 10.4. The van der Waals surface area contributed by atoms with Crippen LogP contribution in [0.15, 0.2) is 28.5 Å². The summed E-state index contributed by atoms with van der Waals surface area (Å²) >= 11 is 0.856. The average molecular weight is 319 g/mol. The number of anilines is 1. The van der Waals surface area contributed by atoms with Crippen LogP contribution < -0.4 is 4.72 Å². The molecule has 2 aromatic rings. The molecule has 0 saturated heterocycles. The number of nitrogens with one attached hydrogen (secondary N) is 1. The van der Waals surface area contributed by atoms with E-state index in [1.807, 2.05) is 4.72 Å². The lowest BCUT2D eigenvalue weighted by molar-refractivity contribution is 0.285. The summed E-state index contributed by atoms with van der Waals surface area (Å²) in [5, 5.41) is 8.90. The largest absolute Gasteiger partial charge is 0.391 e. The molecule has 0 amide bonds. The second kappa shape index (κ2) is 5.47. The molecule has 1 aromatic heterocycles. The van der Waals surface area contributed by atoms with E-state index in [9.17, 15) is 17.2 Å². The SMILES string of the molecule is Cc1cc(F)c(NS(=O)(=O)c2ccc(CO)s2)cc1F. The highest BCUT2D eigenvalue weighted by Crippen LogP contribution is 2.26. The van der Waals surface area contributed by atoms with Crippen molar-refractivity contribution in [1.82, 2.24) is 0 Å². The van der Waals surface area contributed by atoms with Crippen molar-refractivity contribution in [3.63, 3.8) is 0 Å². The number of hydrogen-bond donors (Lipinski definition) is 2. The molecular weight excluding hydrogens is 308 g/mol. The van der Waals surface area contributed by atoms with Crippen LogP contribution in [-0.4, -0.2) is 13.5 Å². The van der Waals surface area contributed by atoms with Crippen LogP contribution in [0.1, 0.15) is 10.4 Å². The molecule has 0 aliphatic carbocycles. The molecule has 2 rings (SSSR count). The minimum atomic E-state index is -4.00. The van der Waals surface area contributed by atoms with Gasteiger partial charge in [0.2, 0.25) is 0 Å². The Labute approximate surface area is 118 Å². The van der Waals surface area contributed by atoms with Gasteiger partial charge in [-0.25, -0.2) is 17.2 Å². The maximum atomic E-state index is 13.6. The topological polar surface area (TPSA) is 66.4 Å². The van der Waals surface area contributed by atoms with Gasteiger partial charge >= 0.3 is 0 Å². The molecule has 1 heterocycles. The van der Waals surface area contributed by atoms with Crippen LogP contribution in [0.2, 0.25) is 0 Å². The minimum absolute atomic E-state index is 0.0815. The number of hydrogen-bond acceptors (Lipinski definition) is 4. The third-order valence-corrected chi connectivity index (χ3v) is 5.48. The van der Waals surface area contributed by atoms with Crippen molar-refractivity contribution in [2.24, 2.45) is 0 Å². The molecule has 4 nitrogen and oxygen atoms in total. The van der Waals surface area contributed by atoms with E-state index in [-0.39, 0.29) is 16.4 Å². The Bertz CT molecular complexity index is 741. The number of aliphatic hydroxyl groups excluding tert-OH is 1. The predicted octanol–water partition coefficient (Wildman–Crippen LogP) is 2.63. The number of sulfonamides is 1. The monoisotopic (exact) mass is 319 g/mol. The molecule has 2 N–H and O–H groups in total. The fourth-order valence-electron chi connectivity index (χ4n) is 1.51. The predicted molar refractivity (Wildman–Crippen MR) is 72.1 cm³/mol. The molecule has 0 aliphatic rings. The first-order valence-corrected chi connectivity index (χ1v) is 7.81. The van der Waals surface area contributed by atoms with Crippen molar-refractivity contribution in [2.45, 2.75) is 17.7 Å². The summed E-state index contributed by atoms with van der Waals surface area (Å²) in [4.78, 5) is 0.459. The molecule has 0 aliphatic heterocycles. The highest BCUT2D eigenvalue weighted by molar-refractivity contribution is 7.94. The van der Waals surface area contributed by atoms with Crippen LogP contribution in [0.3, 0.4) is 0 Å². The Morgan fingerprint density at radius 3 is 2.55 bits per heavy atom. The molecule has 8 heteroatoms. The van der Waals surface area contributed by atoms with Crippen molar-refractivity contribution in [1.29, 1.82) is 0 Å². The number of thiophene rings is 1. The summed E-state index contributed by atoms with van der Waals surface area (Å²) in [5.74, 6) is -1.56. The number of halogens is 2. The molecule has 1 aromatic carbocycles.